The number of phenolic OH excluding ortho intramolecular Hbond substituents is 1. The van der Waals surface area contributed by atoms with E-state index in [9.17, 15) is 29.8 Å². The van der Waals surface area contributed by atoms with Gasteiger partial charge in [0.1, 0.15) is 5.75 Å². The number of halogens is 1. The first kappa shape index (κ1) is 32.2. The minimum absolute atomic E-state index is 0.0579. The highest BCUT2D eigenvalue weighted by molar-refractivity contribution is 6.58. The van der Waals surface area contributed by atoms with Crippen molar-refractivity contribution in [3.05, 3.63) is 94.3 Å². The molecule has 2 amide bonds. The summed E-state index contributed by atoms with van der Waals surface area (Å²) in [5.41, 5.74) is 4.48. The van der Waals surface area contributed by atoms with Gasteiger partial charge in [-0.15, -0.1) is 0 Å². The number of ether oxygens (including phenoxy) is 1. The van der Waals surface area contributed by atoms with E-state index >= 15 is 0 Å². The molecule has 6 rings (SSSR count). The number of hydrogen-bond acceptors (Lipinski definition) is 9. The molecule has 3 aliphatic rings. The number of allylic oxidation sites excluding steroid dienone is 1. The third-order valence-electron chi connectivity index (χ3n) is 9.04. The van der Waals surface area contributed by atoms with Crippen LogP contribution in [0.4, 0.5) is 5.69 Å². The molecule has 0 unspecified atom stereocenters. The zero-order valence-electron chi connectivity index (χ0n) is 25.1. The molecule has 2 aliphatic heterocycles. The van der Waals surface area contributed by atoms with Crippen molar-refractivity contribution in [2.45, 2.75) is 31.7 Å². The highest BCUT2D eigenvalue weighted by Crippen LogP contribution is 2.51. The van der Waals surface area contributed by atoms with Gasteiger partial charge in [-0.25, -0.2) is 0 Å². The van der Waals surface area contributed by atoms with Gasteiger partial charge in [-0.1, -0.05) is 29.8 Å². The lowest BCUT2D eigenvalue weighted by atomic mass is 9.58. The number of rotatable bonds is 9. The van der Waals surface area contributed by atoms with Crippen LogP contribution in [0.1, 0.15) is 30.5 Å². The number of aromatic nitrogens is 1. The Morgan fingerprint density at radius 3 is 2.67 bits per heavy atom. The van der Waals surface area contributed by atoms with Crippen molar-refractivity contribution in [2.75, 3.05) is 18.6 Å². The van der Waals surface area contributed by atoms with Gasteiger partial charge in [0, 0.05) is 13.3 Å². The molecule has 2 aromatic carbocycles. The van der Waals surface area contributed by atoms with Crippen LogP contribution in [0.25, 0.3) is 11.6 Å². The van der Waals surface area contributed by atoms with Crippen LogP contribution in [0.3, 0.4) is 0 Å². The average molecular weight is 643 g/mol. The molecular formula is C33H33B2ClN2O8. The van der Waals surface area contributed by atoms with Gasteiger partial charge >= 0.3 is 14.2 Å². The van der Waals surface area contributed by atoms with Gasteiger partial charge in [0.2, 0.25) is 11.8 Å². The molecule has 3 heterocycles. The highest BCUT2D eigenvalue weighted by Gasteiger charge is 2.57. The Kier molecular flexibility index (Phi) is 9.46. The summed E-state index contributed by atoms with van der Waals surface area (Å²) in [5, 5.41) is 40.6. The maximum Gasteiger partial charge on any atom is 0.488 e. The van der Waals surface area contributed by atoms with Crippen molar-refractivity contribution in [2.24, 2.45) is 17.8 Å². The summed E-state index contributed by atoms with van der Waals surface area (Å²) in [5.74, 6) is -2.52. The highest BCUT2D eigenvalue weighted by atomic mass is 35.5. The monoisotopic (exact) mass is 642 g/mol. The third-order valence-corrected chi connectivity index (χ3v) is 9.36. The number of anilines is 1. The molecule has 0 saturated carbocycles. The van der Waals surface area contributed by atoms with Crippen molar-refractivity contribution >= 4 is 60.5 Å². The van der Waals surface area contributed by atoms with Gasteiger partial charge in [-0.3, -0.25) is 19.5 Å². The average Bonchev–Trinajstić information content (AvgIpc) is 3.29. The molecule has 0 bridgehead atoms. The molecule has 0 radical (unpaired) electrons. The van der Waals surface area contributed by atoms with Gasteiger partial charge in [-0.2, -0.15) is 0 Å². The van der Waals surface area contributed by atoms with Crippen LogP contribution in [0, 0.1) is 17.8 Å². The number of hydrogen-bond donors (Lipinski definition) is 4. The SMILES string of the molecule is COCC1=C2[C@@H](CC/C(=C/c3ccc(O)cc3Cl)c3ccccn3)OB(O)C[C@@H]2[C@@H]2C(=O)N(c3cccc(B(O)O)c3)C(=O)[C@@H]2C1. The molecule has 236 valence electrons. The van der Waals surface area contributed by atoms with Crippen molar-refractivity contribution in [1.82, 2.24) is 4.98 Å². The second kappa shape index (κ2) is 13.5. The second-order valence-electron chi connectivity index (χ2n) is 11.9. The quantitative estimate of drug-likeness (QED) is 0.157. The zero-order valence-corrected chi connectivity index (χ0v) is 25.9. The molecule has 3 aromatic rings. The van der Waals surface area contributed by atoms with Crippen molar-refractivity contribution in [1.29, 1.82) is 0 Å². The fraction of sp³-hybridized carbons (Fsp3) is 0.303. The smallest absolute Gasteiger partial charge is 0.488 e. The molecule has 10 nitrogen and oxygen atoms in total. The van der Waals surface area contributed by atoms with E-state index in [2.05, 4.69) is 4.98 Å². The number of fused-ring (bicyclic) bond motifs is 3. The second-order valence-corrected chi connectivity index (χ2v) is 12.3. The molecule has 13 heteroatoms. The topological polar surface area (TPSA) is 150 Å². The minimum Gasteiger partial charge on any atom is -0.508 e. The molecule has 1 aliphatic carbocycles. The third kappa shape index (κ3) is 6.29. The summed E-state index contributed by atoms with van der Waals surface area (Å²) in [6, 6.07) is 16.5. The summed E-state index contributed by atoms with van der Waals surface area (Å²) in [6.45, 7) is 0.241. The Bertz CT molecular complexity index is 1700. The van der Waals surface area contributed by atoms with E-state index in [1.807, 2.05) is 24.3 Å². The molecule has 2 fully saturated rings. The van der Waals surface area contributed by atoms with Gasteiger partial charge < -0.3 is 29.6 Å². The first-order chi connectivity index (χ1) is 22.2. The number of imide groups is 1. The van der Waals surface area contributed by atoms with Crippen LogP contribution in [0.15, 0.2) is 78.0 Å². The van der Waals surface area contributed by atoms with Crippen LogP contribution >= 0.6 is 11.6 Å². The Hall–Kier alpha value is -3.77. The molecule has 4 atom stereocenters. The number of aromatic hydroxyl groups is 1. The maximum absolute atomic E-state index is 14.0. The van der Waals surface area contributed by atoms with Crippen molar-refractivity contribution < 1.29 is 39.2 Å². The summed E-state index contributed by atoms with van der Waals surface area (Å²) in [4.78, 5) is 33.5. The van der Waals surface area contributed by atoms with Gasteiger partial charge in [0.15, 0.2) is 0 Å². The van der Waals surface area contributed by atoms with Crippen LogP contribution in [-0.4, -0.2) is 71.0 Å². The van der Waals surface area contributed by atoms with Crippen LogP contribution in [0.5, 0.6) is 5.75 Å². The summed E-state index contributed by atoms with van der Waals surface area (Å²) in [6.07, 6.45) is 4.41. The van der Waals surface area contributed by atoms with Crippen LogP contribution < -0.4 is 10.4 Å². The van der Waals surface area contributed by atoms with Crippen molar-refractivity contribution in [3.63, 3.8) is 0 Å². The minimum atomic E-state index is -1.75. The normalized spacial score (nSPS) is 23.1. The number of phenols is 1. The first-order valence-corrected chi connectivity index (χ1v) is 15.5. The lowest BCUT2D eigenvalue weighted by molar-refractivity contribution is -0.122. The van der Waals surface area contributed by atoms with E-state index in [0.29, 0.717) is 29.8 Å². The van der Waals surface area contributed by atoms with E-state index < -0.39 is 38.1 Å². The molecule has 46 heavy (non-hydrogen) atoms. The molecule has 4 N–H and O–H groups in total. The largest absolute Gasteiger partial charge is 0.508 e. The van der Waals surface area contributed by atoms with E-state index in [4.69, 9.17) is 21.0 Å². The predicted octanol–water partition coefficient (Wildman–Crippen LogP) is 3.09. The molecular weight excluding hydrogens is 609 g/mol. The van der Waals surface area contributed by atoms with Gasteiger partial charge in [0.05, 0.1) is 41.0 Å². The lowest BCUT2D eigenvalue weighted by Gasteiger charge is -2.43. The first-order valence-electron chi connectivity index (χ1n) is 15.1. The Morgan fingerprint density at radius 2 is 1.96 bits per heavy atom. The fourth-order valence-electron chi connectivity index (χ4n) is 7.08. The van der Waals surface area contributed by atoms with Crippen molar-refractivity contribution in [3.8, 4) is 5.75 Å². The number of methoxy groups -OCH3 is 1. The lowest BCUT2D eigenvalue weighted by Crippen LogP contribution is -2.46. The van der Waals surface area contributed by atoms with Crippen LogP contribution in [-0.2, 0) is 19.0 Å². The number of nitrogens with zero attached hydrogens (tertiary/aromatic N) is 2. The number of amides is 2. The standard InChI is InChI=1S/C33H33B2ClN2O8/c1-45-18-21-14-25-31(33(41)38(32(25)40)23-6-4-5-22(15-23)35(43)44)26-17-34(42)46-29(30(21)26)11-9-20(28-7-2-3-12-37-28)13-19-8-10-24(39)16-27(19)36/h2-8,10,12-13,15-16,25-26,29,31,39,42-44H,9,11,14,17-18H2,1H3/b20-13-/t25-,26+,29-,31-/m1/s1. The molecule has 2 saturated heterocycles. The summed E-state index contributed by atoms with van der Waals surface area (Å²) in [7, 11) is -1.33. The zero-order chi connectivity index (χ0) is 32.5. The summed E-state index contributed by atoms with van der Waals surface area (Å²) >= 11 is 6.44. The van der Waals surface area contributed by atoms with E-state index in [1.165, 1.54) is 18.2 Å². The predicted molar refractivity (Wildman–Crippen MR) is 175 cm³/mol. The Balaban J connectivity index is 1.33. The maximum atomic E-state index is 14.0. The van der Waals surface area contributed by atoms with Crippen LogP contribution in [0.2, 0.25) is 11.3 Å². The Morgan fingerprint density at radius 1 is 1.13 bits per heavy atom. The molecule has 1 aromatic heterocycles. The summed E-state index contributed by atoms with van der Waals surface area (Å²) < 4.78 is 11.7. The fourth-order valence-corrected chi connectivity index (χ4v) is 7.31. The van der Waals surface area contributed by atoms with Gasteiger partial charge in [0.25, 0.3) is 0 Å². The Labute approximate surface area is 272 Å². The number of carbonyl (C=O) groups is 2. The number of benzene rings is 2. The van der Waals surface area contributed by atoms with E-state index in [-0.39, 0.29) is 41.6 Å². The van der Waals surface area contributed by atoms with E-state index in [1.54, 1.807) is 37.6 Å². The number of pyridine rings is 1. The molecule has 0 spiro atoms. The number of carbonyl (C=O) groups excluding carboxylic acids is 2. The van der Waals surface area contributed by atoms with Gasteiger partial charge in [-0.05, 0) is 108 Å². The van der Waals surface area contributed by atoms with E-state index in [0.717, 1.165) is 27.3 Å².